The number of rotatable bonds is 3. The van der Waals surface area contributed by atoms with Gasteiger partial charge in [-0.15, -0.1) is 0 Å². The molecular weight excluding hydrogens is 514 g/mol. The van der Waals surface area contributed by atoms with Crippen LogP contribution in [0.5, 0.6) is 5.75 Å². The molecule has 7 rings (SSSR count). The molecule has 3 unspecified atom stereocenters. The largest absolute Gasteiger partial charge is 0.497 e. The molecule has 204 valence electrons. The molecule has 2 aromatic heterocycles. The van der Waals surface area contributed by atoms with E-state index in [-0.39, 0.29) is 0 Å². The monoisotopic (exact) mass is 543 g/mol. The van der Waals surface area contributed by atoms with Gasteiger partial charge in [-0.2, -0.15) is 0 Å². The number of hydrogen-bond donors (Lipinski definition) is 6. The summed E-state index contributed by atoms with van der Waals surface area (Å²) in [7, 11) is 1.64. The topological polar surface area (TPSA) is 132 Å². The van der Waals surface area contributed by atoms with Crippen LogP contribution in [0.3, 0.4) is 0 Å². The summed E-state index contributed by atoms with van der Waals surface area (Å²) in [6.45, 7) is 0. The fourth-order valence-corrected chi connectivity index (χ4v) is 5.62. The van der Waals surface area contributed by atoms with Gasteiger partial charge in [0.15, 0.2) is 0 Å². The van der Waals surface area contributed by atoms with Gasteiger partial charge in [-0.1, -0.05) is 24.3 Å². The average molecular weight is 544 g/mol. The summed E-state index contributed by atoms with van der Waals surface area (Å²) in [6.07, 6.45) is 7.60. The van der Waals surface area contributed by atoms with Crippen LogP contribution < -0.4 is 26.5 Å². The lowest BCUT2D eigenvalue weighted by atomic mass is 9.90. The van der Waals surface area contributed by atoms with Crippen LogP contribution in [0, 0.1) is 0 Å². The number of methoxy groups -OCH3 is 1. The van der Waals surface area contributed by atoms with Crippen molar-refractivity contribution in [3.63, 3.8) is 0 Å². The Kier molecular flexibility index (Phi) is 5.81. The molecule has 0 spiro atoms. The number of nitrogens with zero attached hydrogens (tertiary/aromatic N) is 1. The van der Waals surface area contributed by atoms with Crippen molar-refractivity contribution in [3.05, 3.63) is 130 Å². The molecule has 0 amide bonds. The van der Waals surface area contributed by atoms with Gasteiger partial charge in [-0.05, 0) is 90.0 Å². The van der Waals surface area contributed by atoms with Crippen LogP contribution in [0.25, 0.3) is 23.8 Å². The number of nitrogen functional groups attached to an aromatic ring is 1. The fraction of sp³-hybridized carbons (Fsp3) is 0.121. The number of fused-ring (bicyclic) bond motifs is 7. The Balaban J connectivity index is 1.52. The molecule has 0 aliphatic carbocycles. The summed E-state index contributed by atoms with van der Waals surface area (Å²) in [5, 5.41) is 27.6. The van der Waals surface area contributed by atoms with Crippen LogP contribution in [0.1, 0.15) is 22.5 Å². The Hall–Kier alpha value is -5.05. The molecular formula is C33H29N5O3. The molecule has 1 fully saturated rings. The van der Waals surface area contributed by atoms with Crippen LogP contribution in [-0.2, 0) is 5.54 Å². The number of nitrogens with one attached hydrogen (secondary N) is 3. The van der Waals surface area contributed by atoms with Crippen molar-refractivity contribution < 1.29 is 14.9 Å². The lowest BCUT2D eigenvalue weighted by Crippen LogP contribution is -2.23. The standard InChI is InChI=1S/C33H29N5O3/c1-41-26-12-4-20(5-13-26)33-15-14-27(38-33)29(19-2-6-21(34)7-3-19)30-32(40)31(39)28(37-30)17-24-9-8-22(35-24)16-23-10-11-25(18-33)36-23/h2-18,31-32,35-37,39-40H,34H2,1H3/b23-16-,25-18?,28-17-,30-29?. The molecule has 3 atom stereocenters. The van der Waals surface area contributed by atoms with Gasteiger partial charge in [0.1, 0.15) is 23.5 Å². The third kappa shape index (κ3) is 4.39. The van der Waals surface area contributed by atoms with E-state index in [4.69, 9.17) is 15.5 Å². The van der Waals surface area contributed by atoms with Crippen molar-refractivity contribution in [1.82, 2.24) is 15.3 Å². The first kappa shape index (κ1) is 25.0. The summed E-state index contributed by atoms with van der Waals surface area (Å²) in [6, 6.07) is 23.2. The van der Waals surface area contributed by atoms with E-state index >= 15 is 0 Å². The zero-order chi connectivity index (χ0) is 28.1. The highest BCUT2D eigenvalue weighted by Gasteiger charge is 2.38. The van der Waals surface area contributed by atoms with E-state index < -0.39 is 17.7 Å². The third-order valence-electron chi connectivity index (χ3n) is 7.73. The van der Waals surface area contributed by atoms with Gasteiger partial charge in [0.25, 0.3) is 0 Å². The highest BCUT2D eigenvalue weighted by Crippen LogP contribution is 2.39. The van der Waals surface area contributed by atoms with Gasteiger partial charge in [0.05, 0.1) is 18.5 Å². The van der Waals surface area contributed by atoms with Crippen LogP contribution in [0.4, 0.5) is 5.69 Å². The number of aliphatic hydroxyl groups excluding tert-OH is 2. The molecule has 5 heterocycles. The summed E-state index contributed by atoms with van der Waals surface area (Å²) < 4.78 is 5.41. The predicted octanol–water partition coefficient (Wildman–Crippen LogP) is 2.54. The van der Waals surface area contributed by atoms with Crippen LogP contribution in [0.2, 0.25) is 0 Å². The second kappa shape index (κ2) is 9.55. The van der Waals surface area contributed by atoms with Crippen LogP contribution >= 0.6 is 0 Å². The number of aliphatic hydroxyl groups is 2. The Labute approximate surface area is 236 Å². The van der Waals surface area contributed by atoms with Gasteiger partial charge in [0.2, 0.25) is 0 Å². The van der Waals surface area contributed by atoms with Gasteiger partial charge in [0, 0.05) is 39.0 Å². The minimum absolute atomic E-state index is 0.468. The molecule has 0 saturated carbocycles. The van der Waals surface area contributed by atoms with Crippen LogP contribution in [0.15, 0.2) is 101 Å². The number of aromatic amines is 2. The maximum atomic E-state index is 11.3. The van der Waals surface area contributed by atoms with Crippen molar-refractivity contribution in [2.75, 3.05) is 12.8 Å². The Morgan fingerprint density at radius 2 is 1.56 bits per heavy atom. The van der Waals surface area contributed by atoms with Crippen molar-refractivity contribution in [1.29, 1.82) is 0 Å². The molecule has 8 bridgehead atoms. The summed E-state index contributed by atoms with van der Waals surface area (Å²) in [4.78, 5) is 12.2. The average Bonchev–Trinajstić information content (AvgIpc) is 3.77. The number of allylic oxidation sites excluding steroid dienone is 2. The number of anilines is 1. The number of aliphatic imine (C=N–C) groups is 1. The van der Waals surface area contributed by atoms with Gasteiger partial charge >= 0.3 is 0 Å². The first-order valence-corrected chi connectivity index (χ1v) is 13.4. The summed E-state index contributed by atoms with van der Waals surface area (Å²) >= 11 is 0. The van der Waals surface area contributed by atoms with Crippen molar-refractivity contribution >= 4 is 35.2 Å². The van der Waals surface area contributed by atoms with Gasteiger partial charge < -0.3 is 36.0 Å². The number of nitrogens with two attached hydrogens (primary N) is 1. The Bertz CT molecular complexity index is 1890. The maximum Gasteiger partial charge on any atom is 0.126 e. The molecule has 3 aliphatic rings. The summed E-state index contributed by atoms with van der Waals surface area (Å²) in [5.74, 6) is 0.753. The lowest BCUT2D eigenvalue weighted by molar-refractivity contribution is 0.0817. The quantitative estimate of drug-likeness (QED) is 0.221. The maximum absolute atomic E-state index is 11.3. The fourth-order valence-electron chi connectivity index (χ4n) is 5.62. The minimum Gasteiger partial charge on any atom is -0.497 e. The highest BCUT2D eigenvalue weighted by atomic mass is 16.5. The normalized spacial score (nSPS) is 25.0. The molecule has 3 aliphatic heterocycles. The van der Waals surface area contributed by atoms with E-state index in [1.54, 1.807) is 7.11 Å². The SMILES string of the molecule is COc1ccc(C23C=CC(=N2)C(c2ccc(N)cc2)=C2N/C(=C\c4ccc([nH]4)/C=c4/ccc([nH]4)=C3)C(O)C2O)cc1. The number of aromatic nitrogens is 2. The van der Waals surface area contributed by atoms with Gasteiger partial charge in [-0.3, -0.25) is 4.99 Å². The van der Waals surface area contributed by atoms with E-state index in [9.17, 15) is 10.2 Å². The second-order valence-electron chi connectivity index (χ2n) is 10.4. The lowest BCUT2D eigenvalue weighted by Gasteiger charge is -2.22. The van der Waals surface area contributed by atoms with Crippen LogP contribution in [-0.4, -0.2) is 45.2 Å². The molecule has 1 saturated heterocycles. The first-order chi connectivity index (χ1) is 19.9. The van der Waals surface area contributed by atoms with Crippen molar-refractivity contribution in [3.8, 4) is 5.75 Å². The van der Waals surface area contributed by atoms with E-state index in [2.05, 4.69) is 27.4 Å². The second-order valence-corrected chi connectivity index (χ2v) is 10.4. The van der Waals surface area contributed by atoms with Gasteiger partial charge in [-0.25, -0.2) is 0 Å². The highest BCUT2D eigenvalue weighted by molar-refractivity contribution is 6.31. The molecule has 8 heteroatoms. The number of hydrogen-bond acceptors (Lipinski definition) is 6. The number of H-pyrrole nitrogens is 2. The zero-order valence-corrected chi connectivity index (χ0v) is 22.3. The van der Waals surface area contributed by atoms with E-state index in [0.29, 0.717) is 28.4 Å². The smallest absolute Gasteiger partial charge is 0.126 e. The molecule has 41 heavy (non-hydrogen) atoms. The molecule has 7 N–H and O–H groups in total. The van der Waals surface area contributed by atoms with E-state index in [1.165, 1.54) is 0 Å². The third-order valence-corrected chi connectivity index (χ3v) is 7.73. The first-order valence-electron chi connectivity index (χ1n) is 13.4. The molecule has 8 nitrogen and oxygen atoms in total. The number of benzene rings is 2. The van der Waals surface area contributed by atoms with E-state index in [0.717, 1.165) is 39.0 Å². The van der Waals surface area contributed by atoms with E-state index in [1.807, 2.05) is 91.0 Å². The summed E-state index contributed by atoms with van der Waals surface area (Å²) in [5.41, 5.74) is 11.5. The molecule has 4 aromatic rings. The zero-order valence-electron chi connectivity index (χ0n) is 22.3. The Morgan fingerprint density at radius 3 is 2.32 bits per heavy atom. The number of ether oxygens (including phenoxy) is 1. The molecule has 2 aromatic carbocycles. The van der Waals surface area contributed by atoms with Crippen molar-refractivity contribution in [2.45, 2.75) is 17.7 Å². The minimum atomic E-state index is -1.19. The Morgan fingerprint density at radius 1 is 0.829 bits per heavy atom. The molecule has 0 radical (unpaired) electrons. The van der Waals surface area contributed by atoms with Crippen molar-refractivity contribution in [2.24, 2.45) is 4.99 Å². The predicted molar refractivity (Wildman–Crippen MR) is 161 cm³/mol.